The van der Waals surface area contributed by atoms with Crippen molar-refractivity contribution in [1.29, 1.82) is 0 Å². The molecule has 0 saturated carbocycles. The highest BCUT2D eigenvalue weighted by atomic mass is 32.1. The van der Waals surface area contributed by atoms with Crippen molar-refractivity contribution in [3.63, 3.8) is 0 Å². The topological polar surface area (TPSA) is 58.6 Å². The van der Waals surface area contributed by atoms with Crippen molar-refractivity contribution >= 4 is 23.2 Å². The molecule has 0 radical (unpaired) electrons. The van der Waals surface area contributed by atoms with Crippen molar-refractivity contribution < 1.29 is 14.3 Å². The maximum Gasteiger partial charge on any atom is 0.223 e. The second kappa shape index (κ2) is 9.67. The molecular weight excluding hydrogens is 360 g/mol. The summed E-state index contributed by atoms with van der Waals surface area (Å²) in [6, 6.07) is 10.0. The minimum absolute atomic E-state index is 0.0544. The first-order valence-electron chi connectivity index (χ1n) is 9.41. The molecule has 1 aliphatic heterocycles. The fourth-order valence-electron chi connectivity index (χ4n) is 3.20. The number of thiophene rings is 1. The van der Waals surface area contributed by atoms with Crippen LogP contribution in [-0.2, 0) is 40.4 Å². The Kier molecular flexibility index (Phi) is 7.01. The molecule has 5 nitrogen and oxygen atoms in total. The van der Waals surface area contributed by atoms with E-state index in [0.717, 1.165) is 24.1 Å². The van der Waals surface area contributed by atoms with E-state index in [2.05, 4.69) is 16.8 Å². The Hall–Kier alpha value is -2.18. The second-order valence-corrected chi connectivity index (χ2v) is 7.62. The third kappa shape index (κ3) is 5.40. The number of carbonyl (C=O) groups excluding carboxylic acids is 2. The Balaban J connectivity index is 1.43. The monoisotopic (exact) mass is 386 g/mol. The second-order valence-electron chi connectivity index (χ2n) is 6.62. The standard InChI is InChI=1S/C21H26N2O3S/c1-2-26-15-18-6-4-3-5-16(18)13-22-20(24)7-8-21(25)23-11-9-19-17(14-23)10-12-27-19/h3-6,10,12H,2,7-9,11,13-15H2,1H3,(H,22,24). The summed E-state index contributed by atoms with van der Waals surface area (Å²) in [7, 11) is 0. The van der Waals surface area contributed by atoms with E-state index in [1.807, 2.05) is 36.1 Å². The Morgan fingerprint density at radius 3 is 2.81 bits per heavy atom. The first kappa shape index (κ1) is 19.6. The SMILES string of the molecule is CCOCc1ccccc1CNC(=O)CCC(=O)N1CCc2sccc2C1. The molecule has 1 aromatic heterocycles. The van der Waals surface area contributed by atoms with Crippen molar-refractivity contribution in [3.05, 3.63) is 57.3 Å². The molecule has 2 aromatic rings. The first-order valence-corrected chi connectivity index (χ1v) is 10.3. The molecule has 3 rings (SSSR count). The van der Waals surface area contributed by atoms with Crippen LogP contribution >= 0.6 is 11.3 Å². The highest BCUT2D eigenvalue weighted by molar-refractivity contribution is 7.10. The number of ether oxygens (including phenoxy) is 1. The van der Waals surface area contributed by atoms with Gasteiger partial charge in [-0.05, 0) is 41.5 Å². The molecule has 6 heteroatoms. The number of fused-ring (bicyclic) bond motifs is 1. The predicted octanol–water partition coefficient (Wildman–Crippen LogP) is 3.27. The predicted molar refractivity (Wildman–Crippen MR) is 106 cm³/mol. The van der Waals surface area contributed by atoms with Gasteiger partial charge in [0.05, 0.1) is 6.61 Å². The fourth-order valence-corrected chi connectivity index (χ4v) is 4.09. The third-order valence-electron chi connectivity index (χ3n) is 4.78. The van der Waals surface area contributed by atoms with Gasteiger partial charge in [-0.3, -0.25) is 9.59 Å². The Labute approximate surface area is 164 Å². The zero-order valence-corrected chi connectivity index (χ0v) is 16.5. The summed E-state index contributed by atoms with van der Waals surface area (Å²) in [5.41, 5.74) is 3.37. The molecule has 1 aliphatic rings. The number of nitrogens with zero attached hydrogens (tertiary/aromatic N) is 1. The van der Waals surface area contributed by atoms with Gasteiger partial charge < -0.3 is 15.0 Å². The van der Waals surface area contributed by atoms with E-state index >= 15 is 0 Å². The Morgan fingerprint density at radius 1 is 1.19 bits per heavy atom. The minimum atomic E-state index is -0.0946. The Morgan fingerprint density at radius 2 is 2.00 bits per heavy atom. The van der Waals surface area contributed by atoms with Gasteiger partial charge in [0.1, 0.15) is 0 Å². The van der Waals surface area contributed by atoms with Crippen molar-refractivity contribution in [3.8, 4) is 0 Å². The lowest BCUT2D eigenvalue weighted by Gasteiger charge is -2.27. The lowest BCUT2D eigenvalue weighted by Crippen LogP contribution is -2.36. The molecular formula is C21H26N2O3S. The van der Waals surface area contributed by atoms with Crippen LogP contribution in [0.5, 0.6) is 0 Å². The average molecular weight is 387 g/mol. The first-order chi connectivity index (χ1) is 13.2. The average Bonchev–Trinajstić information content (AvgIpc) is 3.17. The van der Waals surface area contributed by atoms with Crippen LogP contribution in [0.15, 0.2) is 35.7 Å². The zero-order chi connectivity index (χ0) is 19.1. The van der Waals surface area contributed by atoms with Gasteiger partial charge in [-0.2, -0.15) is 0 Å². The van der Waals surface area contributed by atoms with Crippen molar-refractivity contribution in [2.24, 2.45) is 0 Å². The molecule has 27 heavy (non-hydrogen) atoms. The Bertz CT molecular complexity index is 787. The number of hydrogen-bond acceptors (Lipinski definition) is 4. The van der Waals surface area contributed by atoms with Gasteiger partial charge >= 0.3 is 0 Å². The van der Waals surface area contributed by atoms with Crippen LogP contribution in [0.2, 0.25) is 0 Å². The van der Waals surface area contributed by atoms with Gasteiger partial charge in [-0.1, -0.05) is 24.3 Å². The van der Waals surface area contributed by atoms with Crippen molar-refractivity contribution in [2.75, 3.05) is 13.2 Å². The molecule has 144 valence electrons. The smallest absolute Gasteiger partial charge is 0.223 e. The van der Waals surface area contributed by atoms with Crippen LogP contribution in [0.25, 0.3) is 0 Å². The maximum atomic E-state index is 12.4. The molecule has 0 unspecified atom stereocenters. The summed E-state index contributed by atoms with van der Waals surface area (Å²) in [5, 5.41) is 5.00. The van der Waals surface area contributed by atoms with E-state index in [1.54, 1.807) is 11.3 Å². The van der Waals surface area contributed by atoms with E-state index in [4.69, 9.17) is 4.74 Å². The molecule has 0 atom stereocenters. The molecule has 0 spiro atoms. The maximum absolute atomic E-state index is 12.4. The van der Waals surface area contributed by atoms with Gasteiger partial charge in [0.25, 0.3) is 0 Å². The van der Waals surface area contributed by atoms with Crippen LogP contribution in [0.3, 0.4) is 0 Å². The van der Waals surface area contributed by atoms with Crippen LogP contribution in [-0.4, -0.2) is 29.9 Å². The largest absolute Gasteiger partial charge is 0.377 e. The lowest BCUT2D eigenvalue weighted by atomic mass is 10.1. The van der Waals surface area contributed by atoms with Crippen LogP contribution in [0.4, 0.5) is 0 Å². The number of benzene rings is 1. The number of rotatable bonds is 8. The summed E-state index contributed by atoms with van der Waals surface area (Å²) in [6.45, 7) is 5.04. The number of hydrogen-bond donors (Lipinski definition) is 1. The minimum Gasteiger partial charge on any atom is -0.377 e. The summed E-state index contributed by atoms with van der Waals surface area (Å²) < 4.78 is 5.47. The molecule has 0 aliphatic carbocycles. The molecule has 2 heterocycles. The van der Waals surface area contributed by atoms with E-state index in [9.17, 15) is 9.59 Å². The van der Waals surface area contributed by atoms with Crippen LogP contribution in [0.1, 0.15) is 41.3 Å². The molecule has 0 bridgehead atoms. The molecule has 2 amide bonds. The number of amides is 2. The molecule has 1 N–H and O–H groups in total. The van der Waals surface area contributed by atoms with E-state index in [-0.39, 0.29) is 24.7 Å². The normalized spacial score (nSPS) is 13.3. The van der Waals surface area contributed by atoms with E-state index in [0.29, 0.717) is 26.3 Å². The van der Waals surface area contributed by atoms with E-state index in [1.165, 1.54) is 10.4 Å². The van der Waals surface area contributed by atoms with Gasteiger partial charge in [0.15, 0.2) is 0 Å². The van der Waals surface area contributed by atoms with Gasteiger partial charge in [-0.15, -0.1) is 11.3 Å². The van der Waals surface area contributed by atoms with Crippen LogP contribution in [0, 0.1) is 0 Å². The highest BCUT2D eigenvalue weighted by Crippen LogP contribution is 2.24. The van der Waals surface area contributed by atoms with Crippen molar-refractivity contribution in [2.45, 2.75) is 45.9 Å². The van der Waals surface area contributed by atoms with Crippen LogP contribution < -0.4 is 5.32 Å². The third-order valence-corrected chi connectivity index (χ3v) is 5.81. The van der Waals surface area contributed by atoms with Crippen molar-refractivity contribution in [1.82, 2.24) is 10.2 Å². The van der Waals surface area contributed by atoms with Gasteiger partial charge in [0.2, 0.25) is 11.8 Å². The molecule has 1 aromatic carbocycles. The van der Waals surface area contributed by atoms with E-state index < -0.39 is 0 Å². The summed E-state index contributed by atoms with van der Waals surface area (Å²) in [5.74, 6) is -0.0402. The van der Waals surface area contributed by atoms with Gasteiger partial charge in [-0.25, -0.2) is 0 Å². The highest BCUT2D eigenvalue weighted by Gasteiger charge is 2.21. The molecule has 0 fully saturated rings. The molecule has 0 saturated heterocycles. The summed E-state index contributed by atoms with van der Waals surface area (Å²) in [6.07, 6.45) is 1.40. The summed E-state index contributed by atoms with van der Waals surface area (Å²) in [4.78, 5) is 27.8. The zero-order valence-electron chi connectivity index (χ0n) is 15.7. The fraction of sp³-hybridized carbons (Fsp3) is 0.429. The summed E-state index contributed by atoms with van der Waals surface area (Å²) >= 11 is 1.76. The van der Waals surface area contributed by atoms with Gasteiger partial charge in [0, 0.05) is 44.0 Å². The quantitative estimate of drug-likeness (QED) is 0.758. The number of carbonyl (C=O) groups is 2. The number of nitrogens with one attached hydrogen (secondary N) is 1. The lowest BCUT2D eigenvalue weighted by molar-refractivity contribution is -0.134.